The van der Waals surface area contributed by atoms with Gasteiger partial charge in [0.15, 0.2) is 0 Å². The van der Waals surface area contributed by atoms with Crippen molar-refractivity contribution < 1.29 is 29.0 Å². The van der Waals surface area contributed by atoms with E-state index in [0.29, 0.717) is 33.8 Å². The Morgan fingerprint density at radius 3 is 1.95 bits per heavy atom. The molecule has 2 fully saturated rings. The first kappa shape index (κ1) is 28.4. The number of rotatable bonds is 8. The van der Waals surface area contributed by atoms with Gasteiger partial charge in [0.25, 0.3) is 0 Å². The molecule has 5 N–H and O–H groups in total. The summed E-state index contributed by atoms with van der Waals surface area (Å²) in [6.45, 7) is 0. The molecule has 0 radical (unpaired) electrons. The third-order valence-electron chi connectivity index (χ3n) is 6.68. The molecule has 13 heteroatoms. The van der Waals surface area contributed by atoms with Gasteiger partial charge in [-0.25, -0.2) is 14.4 Å². The number of esters is 1. The van der Waals surface area contributed by atoms with Gasteiger partial charge in [-0.05, 0) is 62.1 Å². The highest BCUT2D eigenvalue weighted by atomic mass is 35.5. The van der Waals surface area contributed by atoms with Crippen LogP contribution in [0.4, 0.5) is 21.0 Å². The number of hydrogen-bond donors (Lipinski definition) is 5. The van der Waals surface area contributed by atoms with E-state index in [-0.39, 0.29) is 51.3 Å². The van der Waals surface area contributed by atoms with Crippen molar-refractivity contribution in [3.8, 4) is 23.0 Å². The summed E-state index contributed by atoms with van der Waals surface area (Å²) in [6, 6.07) is 13.2. The fraction of sp³-hybridized carbons (Fsp3) is 0.200. The minimum atomic E-state index is -0.847. The number of benzene rings is 3. The van der Waals surface area contributed by atoms with Crippen LogP contribution in [0.5, 0.6) is 23.0 Å². The van der Waals surface area contributed by atoms with E-state index in [2.05, 4.69) is 26.3 Å². The molecule has 1 heterocycles. The summed E-state index contributed by atoms with van der Waals surface area (Å²) in [5.41, 5.74) is 1.01. The van der Waals surface area contributed by atoms with Crippen molar-refractivity contribution in [2.24, 2.45) is 0 Å². The number of phenols is 1. The van der Waals surface area contributed by atoms with Crippen LogP contribution >= 0.6 is 23.2 Å². The fourth-order valence-electron chi connectivity index (χ4n) is 4.16. The van der Waals surface area contributed by atoms with E-state index in [9.17, 15) is 19.5 Å². The molecule has 0 saturated heterocycles. The van der Waals surface area contributed by atoms with Crippen LogP contribution in [-0.2, 0) is 0 Å². The maximum absolute atomic E-state index is 13.1. The van der Waals surface area contributed by atoms with Gasteiger partial charge in [-0.3, -0.25) is 4.98 Å². The van der Waals surface area contributed by atoms with Gasteiger partial charge in [-0.1, -0.05) is 23.2 Å². The van der Waals surface area contributed by atoms with Crippen molar-refractivity contribution in [1.82, 2.24) is 15.6 Å². The minimum absolute atomic E-state index is 0.111. The summed E-state index contributed by atoms with van der Waals surface area (Å²) < 4.78 is 11.5. The van der Waals surface area contributed by atoms with Crippen LogP contribution < -0.4 is 30.7 Å². The lowest BCUT2D eigenvalue weighted by atomic mass is 10.1. The second-order valence-corrected chi connectivity index (χ2v) is 11.0. The van der Waals surface area contributed by atoms with Crippen molar-refractivity contribution in [2.75, 3.05) is 10.6 Å². The standard InChI is InChI=1S/C30H25Cl2N5O6/c31-21-11-17(5-7-23(21)36-29(40)34-15-1-2-15)42-27-9-10-33-25-14-26(38)20(13-19(25)27)28(39)43-18-6-8-24(22(32)12-18)37-30(41)35-16-3-4-16/h5-16,38H,1-4H2,(H2,34,36,40)(H2,35,37,41). The van der Waals surface area contributed by atoms with Crippen molar-refractivity contribution in [1.29, 1.82) is 0 Å². The number of aromatic nitrogens is 1. The molecule has 6 rings (SSSR count). The molecule has 1 aromatic heterocycles. The predicted octanol–water partition coefficient (Wildman–Crippen LogP) is 6.83. The maximum atomic E-state index is 13.1. The van der Waals surface area contributed by atoms with E-state index in [1.54, 1.807) is 24.3 Å². The van der Waals surface area contributed by atoms with E-state index in [1.165, 1.54) is 36.5 Å². The highest BCUT2D eigenvalue weighted by Crippen LogP contribution is 2.36. The van der Waals surface area contributed by atoms with Gasteiger partial charge >= 0.3 is 18.0 Å². The zero-order valence-corrected chi connectivity index (χ0v) is 24.0. The Morgan fingerprint density at radius 2 is 1.37 bits per heavy atom. The molecule has 3 aromatic carbocycles. The van der Waals surface area contributed by atoms with Gasteiger partial charge in [0.1, 0.15) is 28.6 Å². The van der Waals surface area contributed by atoms with Gasteiger partial charge < -0.3 is 35.8 Å². The molecule has 43 heavy (non-hydrogen) atoms. The van der Waals surface area contributed by atoms with Crippen LogP contribution in [0.25, 0.3) is 10.9 Å². The number of carbonyl (C=O) groups is 3. The largest absolute Gasteiger partial charge is 0.507 e. The molecule has 2 aliphatic rings. The van der Waals surface area contributed by atoms with Gasteiger partial charge in [0.05, 0.1) is 26.9 Å². The lowest BCUT2D eigenvalue weighted by Crippen LogP contribution is -2.30. The number of anilines is 2. The van der Waals surface area contributed by atoms with Crippen molar-refractivity contribution in [2.45, 2.75) is 37.8 Å². The Balaban J connectivity index is 1.17. The molecule has 11 nitrogen and oxygen atoms in total. The Kier molecular flexibility index (Phi) is 7.83. The number of phenolic OH excluding ortho intramolecular Hbond substituents is 1. The molecule has 0 unspecified atom stereocenters. The molecule has 220 valence electrons. The SMILES string of the molecule is O=C(Nc1ccc(OC(=O)c2cc3c(Oc4ccc(NC(=O)NC5CC5)c(Cl)c4)ccnc3cc2O)cc1Cl)NC1CC1. The van der Waals surface area contributed by atoms with Crippen molar-refractivity contribution in [3.63, 3.8) is 0 Å². The van der Waals surface area contributed by atoms with E-state index >= 15 is 0 Å². The second-order valence-electron chi connectivity index (χ2n) is 10.2. The Morgan fingerprint density at radius 1 is 0.791 bits per heavy atom. The molecule has 2 saturated carbocycles. The number of ether oxygens (including phenoxy) is 2. The lowest BCUT2D eigenvalue weighted by Gasteiger charge is -2.13. The van der Waals surface area contributed by atoms with Crippen LogP contribution in [0.15, 0.2) is 60.8 Å². The van der Waals surface area contributed by atoms with E-state index < -0.39 is 5.97 Å². The number of urea groups is 2. The molecule has 0 spiro atoms. The normalized spacial score (nSPS) is 14.1. The number of aromatic hydroxyl groups is 1. The summed E-state index contributed by atoms with van der Waals surface area (Å²) in [5, 5.41) is 22.5. The second kappa shape index (κ2) is 11.9. The molecule has 2 aliphatic carbocycles. The molecule has 4 amide bonds. The average Bonchev–Trinajstić information content (AvgIpc) is 3.90. The first-order chi connectivity index (χ1) is 20.7. The molecular formula is C30H25Cl2N5O6. The van der Waals surface area contributed by atoms with Crippen molar-refractivity contribution in [3.05, 3.63) is 76.4 Å². The summed E-state index contributed by atoms with van der Waals surface area (Å²) in [5.74, 6) is -0.367. The third-order valence-corrected chi connectivity index (χ3v) is 7.31. The van der Waals surface area contributed by atoms with Gasteiger partial charge in [0.2, 0.25) is 0 Å². The summed E-state index contributed by atoms with van der Waals surface area (Å²) >= 11 is 12.7. The molecule has 0 aliphatic heterocycles. The first-order valence-electron chi connectivity index (χ1n) is 13.5. The lowest BCUT2D eigenvalue weighted by molar-refractivity contribution is 0.0732. The molecule has 0 atom stereocenters. The number of carbonyl (C=O) groups excluding carboxylic acids is 3. The van der Waals surface area contributed by atoms with Crippen LogP contribution in [0.3, 0.4) is 0 Å². The number of hydrogen-bond acceptors (Lipinski definition) is 7. The number of nitrogens with one attached hydrogen (secondary N) is 4. The summed E-state index contributed by atoms with van der Waals surface area (Å²) in [4.78, 5) is 41.4. The zero-order chi connectivity index (χ0) is 30.1. The van der Waals surface area contributed by atoms with Gasteiger partial charge in [-0.2, -0.15) is 0 Å². The number of fused-ring (bicyclic) bond motifs is 1. The number of pyridine rings is 1. The Labute approximate surface area is 255 Å². The maximum Gasteiger partial charge on any atom is 0.347 e. The summed E-state index contributed by atoms with van der Waals surface area (Å²) in [7, 11) is 0. The Bertz CT molecular complexity index is 1760. The van der Waals surface area contributed by atoms with E-state index in [1.807, 2.05) is 0 Å². The van der Waals surface area contributed by atoms with Gasteiger partial charge in [-0.15, -0.1) is 0 Å². The zero-order valence-electron chi connectivity index (χ0n) is 22.4. The quantitative estimate of drug-likeness (QED) is 0.107. The van der Waals surface area contributed by atoms with Crippen LogP contribution in [0.1, 0.15) is 36.0 Å². The highest BCUT2D eigenvalue weighted by Gasteiger charge is 2.25. The first-order valence-corrected chi connectivity index (χ1v) is 14.2. The van der Waals surface area contributed by atoms with Crippen molar-refractivity contribution >= 4 is 63.5 Å². The van der Waals surface area contributed by atoms with Crippen LogP contribution in [-0.4, -0.2) is 40.2 Å². The molecule has 0 bridgehead atoms. The highest BCUT2D eigenvalue weighted by molar-refractivity contribution is 6.34. The molecule has 4 aromatic rings. The number of nitrogens with zero attached hydrogens (tertiary/aromatic N) is 1. The van der Waals surface area contributed by atoms with E-state index in [0.717, 1.165) is 25.7 Å². The van der Waals surface area contributed by atoms with Crippen LogP contribution in [0.2, 0.25) is 10.0 Å². The third kappa shape index (κ3) is 7.02. The summed E-state index contributed by atoms with van der Waals surface area (Å²) in [6.07, 6.45) is 5.32. The number of halogens is 2. The Hall–Kier alpha value is -4.74. The monoisotopic (exact) mass is 621 g/mol. The van der Waals surface area contributed by atoms with Gasteiger partial charge in [0, 0.05) is 41.9 Å². The minimum Gasteiger partial charge on any atom is -0.507 e. The average molecular weight is 622 g/mol. The van der Waals surface area contributed by atoms with Crippen LogP contribution in [0, 0.1) is 0 Å². The predicted molar refractivity (Wildman–Crippen MR) is 162 cm³/mol. The van der Waals surface area contributed by atoms with E-state index in [4.69, 9.17) is 32.7 Å². The fourth-order valence-corrected chi connectivity index (χ4v) is 4.60. The number of amides is 4. The topological polar surface area (TPSA) is 151 Å². The smallest absolute Gasteiger partial charge is 0.347 e. The molecular weight excluding hydrogens is 597 g/mol.